The number of hydrogen-bond donors (Lipinski definition) is 2. The first-order valence-corrected chi connectivity index (χ1v) is 13.9. The van der Waals surface area contributed by atoms with Crippen LogP contribution in [0.5, 0.6) is 0 Å². The molecule has 4 aromatic rings. The fourth-order valence-corrected chi connectivity index (χ4v) is 6.23. The first kappa shape index (κ1) is 26.1. The number of piperazine rings is 1. The molecule has 1 saturated heterocycles. The zero-order chi connectivity index (χ0) is 27.6. The summed E-state index contributed by atoms with van der Waals surface area (Å²) in [7, 11) is 1.78. The van der Waals surface area contributed by atoms with Crippen molar-refractivity contribution in [2.75, 3.05) is 51.2 Å². The standard InChI is InChI=1S/C32H34FN5O2/c1-36-30(25-21-35-27-13-6-4-9-22(25)27)29(23-10-2-3-11-24(23)32(36)40)31(39)34-15-8-16-37-17-19-38(20-18-37)28-14-7-5-12-26(28)33/h2-7,9-14,21,29-30,35H,8,15-20H2,1H3,(H,34,39). The molecule has 1 aromatic heterocycles. The summed E-state index contributed by atoms with van der Waals surface area (Å²) < 4.78 is 14.2. The predicted octanol–water partition coefficient (Wildman–Crippen LogP) is 4.55. The minimum Gasteiger partial charge on any atom is -0.367 e. The Morgan fingerprint density at radius 2 is 1.68 bits per heavy atom. The van der Waals surface area contributed by atoms with Crippen LogP contribution in [0.2, 0.25) is 0 Å². The average molecular weight is 540 g/mol. The second-order valence-electron chi connectivity index (χ2n) is 10.6. The number of halogens is 1. The van der Waals surface area contributed by atoms with E-state index in [0.29, 0.717) is 17.8 Å². The Morgan fingerprint density at radius 1 is 0.950 bits per heavy atom. The first-order chi connectivity index (χ1) is 19.5. The van der Waals surface area contributed by atoms with E-state index in [1.54, 1.807) is 24.1 Å². The van der Waals surface area contributed by atoms with Crippen molar-refractivity contribution in [1.82, 2.24) is 20.1 Å². The summed E-state index contributed by atoms with van der Waals surface area (Å²) in [5.41, 5.74) is 3.92. The Morgan fingerprint density at radius 3 is 2.50 bits per heavy atom. The van der Waals surface area contributed by atoms with Crippen molar-refractivity contribution >= 4 is 28.4 Å². The van der Waals surface area contributed by atoms with Crippen LogP contribution in [-0.4, -0.2) is 72.9 Å². The molecule has 0 saturated carbocycles. The molecule has 40 heavy (non-hydrogen) atoms. The van der Waals surface area contributed by atoms with Gasteiger partial charge in [0.05, 0.1) is 17.6 Å². The monoisotopic (exact) mass is 539 g/mol. The Kier molecular flexibility index (Phi) is 7.26. The van der Waals surface area contributed by atoms with Gasteiger partial charge in [0.1, 0.15) is 5.82 Å². The van der Waals surface area contributed by atoms with Crippen molar-refractivity contribution < 1.29 is 14.0 Å². The van der Waals surface area contributed by atoms with Crippen LogP contribution in [0.25, 0.3) is 10.9 Å². The Bertz CT molecular complexity index is 1530. The number of carbonyl (C=O) groups excluding carboxylic acids is 2. The Balaban J connectivity index is 1.12. The third-order valence-corrected chi connectivity index (χ3v) is 8.32. The molecule has 2 amide bonds. The molecule has 0 spiro atoms. The number of para-hydroxylation sites is 2. The lowest BCUT2D eigenvalue weighted by Gasteiger charge is -2.39. The maximum absolute atomic E-state index is 14.2. The van der Waals surface area contributed by atoms with Crippen LogP contribution in [-0.2, 0) is 4.79 Å². The number of likely N-dealkylation sites (N-methyl/N-ethyl adjacent to an activating group) is 1. The van der Waals surface area contributed by atoms with E-state index in [1.807, 2.05) is 60.8 Å². The molecular formula is C32H34FN5O2. The van der Waals surface area contributed by atoms with Gasteiger partial charge in [0, 0.05) is 68.0 Å². The summed E-state index contributed by atoms with van der Waals surface area (Å²) in [4.78, 5) is 36.6. The van der Waals surface area contributed by atoms with E-state index in [0.717, 1.165) is 61.2 Å². The SMILES string of the molecule is CN1C(=O)c2ccccc2C(C(=O)NCCCN2CCN(c3ccccc3F)CC2)C1c1c[nH]c2ccccc12. The minimum absolute atomic E-state index is 0.0774. The molecule has 2 aliphatic heterocycles. The second-order valence-corrected chi connectivity index (χ2v) is 10.6. The van der Waals surface area contributed by atoms with Gasteiger partial charge in [-0.3, -0.25) is 14.5 Å². The van der Waals surface area contributed by atoms with E-state index in [-0.39, 0.29) is 17.6 Å². The summed E-state index contributed by atoms with van der Waals surface area (Å²) in [6.07, 6.45) is 2.74. The van der Waals surface area contributed by atoms with E-state index in [4.69, 9.17) is 0 Å². The van der Waals surface area contributed by atoms with Gasteiger partial charge >= 0.3 is 0 Å². The molecule has 0 bridgehead atoms. The van der Waals surface area contributed by atoms with Gasteiger partial charge in [0.2, 0.25) is 5.91 Å². The van der Waals surface area contributed by atoms with Gasteiger partial charge < -0.3 is 20.1 Å². The Hall–Kier alpha value is -4.17. The average Bonchev–Trinajstić information content (AvgIpc) is 3.41. The number of rotatable bonds is 7. The van der Waals surface area contributed by atoms with Gasteiger partial charge in [0.15, 0.2) is 0 Å². The molecule has 6 rings (SSSR count). The first-order valence-electron chi connectivity index (χ1n) is 13.9. The zero-order valence-electron chi connectivity index (χ0n) is 22.6. The number of carbonyl (C=O) groups is 2. The molecule has 0 aliphatic carbocycles. The minimum atomic E-state index is -0.526. The molecule has 2 aliphatic rings. The van der Waals surface area contributed by atoms with Gasteiger partial charge in [0.25, 0.3) is 5.91 Å². The summed E-state index contributed by atoms with van der Waals surface area (Å²) in [5, 5.41) is 4.19. The lowest BCUT2D eigenvalue weighted by molar-refractivity contribution is -0.124. The van der Waals surface area contributed by atoms with E-state index < -0.39 is 12.0 Å². The Labute approximate surface area is 233 Å². The fourth-order valence-electron chi connectivity index (χ4n) is 6.23. The number of nitrogens with one attached hydrogen (secondary N) is 2. The number of aromatic amines is 1. The van der Waals surface area contributed by atoms with E-state index in [1.165, 1.54) is 6.07 Å². The molecular weight excluding hydrogens is 505 g/mol. The van der Waals surface area contributed by atoms with Gasteiger partial charge in [-0.05, 0) is 42.8 Å². The van der Waals surface area contributed by atoms with Gasteiger partial charge in [-0.25, -0.2) is 4.39 Å². The smallest absolute Gasteiger partial charge is 0.254 e. The highest BCUT2D eigenvalue weighted by Gasteiger charge is 2.43. The maximum Gasteiger partial charge on any atom is 0.254 e. The number of fused-ring (bicyclic) bond motifs is 2. The molecule has 8 heteroatoms. The highest BCUT2D eigenvalue weighted by Crippen LogP contribution is 2.44. The highest BCUT2D eigenvalue weighted by molar-refractivity contribution is 6.02. The van der Waals surface area contributed by atoms with Gasteiger partial charge in [-0.15, -0.1) is 0 Å². The quantitative estimate of drug-likeness (QED) is 0.338. The lowest BCUT2D eigenvalue weighted by Crippen LogP contribution is -2.48. The fraction of sp³-hybridized carbons (Fsp3) is 0.312. The molecule has 2 unspecified atom stereocenters. The van der Waals surface area contributed by atoms with Gasteiger partial charge in [-0.2, -0.15) is 0 Å². The summed E-state index contributed by atoms with van der Waals surface area (Å²) in [6.45, 7) is 4.67. The van der Waals surface area contributed by atoms with E-state index in [2.05, 4.69) is 20.1 Å². The van der Waals surface area contributed by atoms with Crippen molar-refractivity contribution in [3.05, 3.63) is 102 Å². The van der Waals surface area contributed by atoms with E-state index in [9.17, 15) is 14.0 Å². The number of H-pyrrole nitrogens is 1. The predicted molar refractivity (Wildman–Crippen MR) is 155 cm³/mol. The molecule has 2 N–H and O–H groups in total. The van der Waals surface area contributed by atoms with Crippen molar-refractivity contribution in [1.29, 1.82) is 0 Å². The summed E-state index contributed by atoms with van der Waals surface area (Å²) in [5.74, 6) is -0.862. The lowest BCUT2D eigenvalue weighted by atomic mass is 9.79. The molecule has 206 valence electrons. The zero-order valence-corrected chi connectivity index (χ0v) is 22.6. The topological polar surface area (TPSA) is 71.7 Å². The number of anilines is 1. The molecule has 3 aromatic carbocycles. The molecule has 3 heterocycles. The second kappa shape index (κ2) is 11.1. The highest BCUT2D eigenvalue weighted by atomic mass is 19.1. The van der Waals surface area contributed by atoms with Crippen LogP contribution >= 0.6 is 0 Å². The van der Waals surface area contributed by atoms with Crippen LogP contribution in [0.4, 0.5) is 10.1 Å². The van der Waals surface area contributed by atoms with Crippen molar-refractivity contribution in [2.45, 2.75) is 18.4 Å². The molecule has 1 fully saturated rings. The maximum atomic E-state index is 14.2. The number of benzene rings is 3. The molecule has 0 radical (unpaired) electrons. The summed E-state index contributed by atoms with van der Waals surface area (Å²) >= 11 is 0. The third-order valence-electron chi connectivity index (χ3n) is 8.32. The van der Waals surface area contributed by atoms with Crippen molar-refractivity contribution in [3.63, 3.8) is 0 Å². The van der Waals surface area contributed by atoms with Crippen LogP contribution in [0.15, 0.2) is 79.0 Å². The van der Waals surface area contributed by atoms with Gasteiger partial charge in [-0.1, -0.05) is 48.5 Å². The number of hydrogen-bond acceptors (Lipinski definition) is 4. The van der Waals surface area contributed by atoms with Crippen molar-refractivity contribution in [3.8, 4) is 0 Å². The van der Waals surface area contributed by atoms with E-state index >= 15 is 0 Å². The van der Waals surface area contributed by atoms with Crippen LogP contribution in [0.1, 0.15) is 39.9 Å². The molecule has 7 nitrogen and oxygen atoms in total. The van der Waals surface area contributed by atoms with Crippen LogP contribution in [0.3, 0.4) is 0 Å². The number of amides is 2. The molecule has 2 atom stereocenters. The normalized spacial score (nSPS) is 19.6. The number of aromatic nitrogens is 1. The largest absolute Gasteiger partial charge is 0.367 e. The number of nitrogens with zero attached hydrogens (tertiary/aromatic N) is 3. The third kappa shape index (κ3) is 4.84. The van der Waals surface area contributed by atoms with Crippen LogP contribution in [0, 0.1) is 5.82 Å². The van der Waals surface area contributed by atoms with Crippen molar-refractivity contribution in [2.24, 2.45) is 0 Å². The summed E-state index contributed by atoms with van der Waals surface area (Å²) in [6, 6.07) is 21.9. The van der Waals surface area contributed by atoms with Crippen LogP contribution < -0.4 is 10.2 Å².